The zero-order valence-electron chi connectivity index (χ0n) is 18.5. The summed E-state index contributed by atoms with van der Waals surface area (Å²) in [6.45, 7) is 5.25. The van der Waals surface area contributed by atoms with Gasteiger partial charge in [0, 0.05) is 11.6 Å². The number of thiocarbonyl (C=S) groups is 1. The summed E-state index contributed by atoms with van der Waals surface area (Å²) in [6, 6.07) is 7.94. The van der Waals surface area contributed by atoms with Crippen molar-refractivity contribution in [3.63, 3.8) is 0 Å². The Balaban J connectivity index is 1.93. The molecular weight excluding hydrogens is 414 g/mol. The minimum atomic E-state index is -1.22. The Hall–Kier alpha value is -2.48. The van der Waals surface area contributed by atoms with Crippen LogP contribution in [0.4, 0.5) is 0 Å². The molecule has 0 heterocycles. The highest BCUT2D eigenvalue weighted by atomic mass is 32.1. The van der Waals surface area contributed by atoms with Gasteiger partial charge in [-0.2, -0.15) is 0 Å². The quantitative estimate of drug-likeness (QED) is 0.418. The van der Waals surface area contributed by atoms with E-state index in [4.69, 9.17) is 17.0 Å². The number of amides is 2. The number of nitrogens with one attached hydrogen (secondary N) is 3. The normalized spacial score (nSPS) is 15.5. The van der Waals surface area contributed by atoms with Gasteiger partial charge in [-0.3, -0.25) is 14.9 Å². The lowest BCUT2D eigenvalue weighted by Crippen LogP contribution is -2.55. The van der Waals surface area contributed by atoms with Crippen molar-refractivity contribution in [3.8, 4) is 0 Å². The van der Waals surface area contributed by atoms with Gasteiger partial charge in [-0.05, 0) is 57.0 Å². The van der Waals surface area contributed by atoms with E-state index in [0.29, 0.717) is 18.4 Å². The third-order valence-corrected chi connectivity index (χ3v) is 5.98. The van der Waals surface area contributed by atoms with Crippen molar-refractivity contribution in [1.29, 1.82) is 0 Å². The lowest BCUT2D eigenvalue weighted by molar-refractivity contribution is -0.171. The van der Waals surface area contributed by atoms with Crippen molar-refractivity contribution in [3.05, 3.63) is 35.9 Å². The van der Waals surface area contributed by atoms with E-state index in [0.717, 1.165) is 25.7 Å². The van der Waals surface area contributed by atoms with Crippen LogP contribution < -0.4 is 16.0 Å². The van der Waals surface area contributed by atoms with Gasteiger partial charge in [0.05, 0.1) is 0 Å². The predicted octanol–water partition coefficient (Wildman–Crippen LogP) is 3.23. The number of hydrogen-bond acceptors (Lipinski definition) is 5. The van der Waals surface area contributed by atoms with Crippen LogP contribution in [0.15, 0.2) is 30.3 Å². The van der Waals surface area contributed by atoms with Gasteiger partial charge in [0.25, 0.3) is 11.8 Å². The van der Waals surface area contributed by atoms with Crippen LogP contribution in [0.1, 0.15) is 76.1 Å². The first kappa shape index (κ1) is 24.8. The van der Waals surface area contributed by atoms with Crippen LogP contribution in [0.3, 0.4) is 0 Å². The predicted molar refractivity (Wildman–Crippen MR) is 124 cm³/mol. The van der Waals surface area contributed by atoms with Crippen molar-refractivity contribution in [2.45, 2.75) is 83.4 Å². The monoisotopic (exact) mass is 447 g/mol. The Bertz CT molecular complexity index is 774. The van der Waals surface area contributed by atoms with E-state index in [1.54, 1.807) is 31.2 Å². The summed E-state index contributed by atoms with van der Waals surface area (Å²) in [5, 5.41) is 8.40. The van der Waals surface area contributed by atoms with E-state index >= 15 is 0 Å². The average molecular weight is 448 g/mol. The topological polar surface area (TPSA) is 96.5 Å². The third kappa shape index (κ3) is 7.02. The van der Waals surface area contributed by atoms with E-state index in [2.05, 4.69) is 16.0 Å². The van der Waals surface area contributed by atoms with Crippen LogP contribution in [-0.2, 0) is 14.3 Å². The fraction of sp³-hybridized carbons (Fsp3) is 0.565. The molecule has 3 N–H and O–H groups in total. The maximum absolute atomic E-state index is 13.0. The molecule has 1 fully saturated rings. The molecule has 1 aromatic rings. The Morgan fingerprint density at radius 1 is 1.10 bits per heavy atom. The van der Waals surface area contributed by atoms with Gasteiger partial charge in [-0.25, -0.2) is 4.79 Å². The lowest BCUT2D eigenvalue weighted by atomic mass is 9.92. The fourth-order valence-electron chi connectivity index (χ4n) is 3.66. The van der Waals surface area contributed by atoms with Gasteiger partial charge in [-0.1, -0.05) is 51.3 Å². The molecule has 1 aliphatic rings. The summed E-state index contributed by atoms with van der Waals surface area (Å²) in [5.41, 5.74) is -0.767. The second kappa shape index (κ2) is 11.8. The van der Waals surface area contributed by atoms with Crippen molar-refractivity contribution < 1.29 is 19.1 Å². The SMILES string of the molecule is CCC(CC)(OC(=O)C(C)NC(=S)NC(=O)c1ccccc1)C(=O)NC1CCCCC1. The Kier molecular flexibility index (Phi) is 9.43. The molecule has 1 aromatic carbocycles. The number of rotatable bonds is 8. The summed E-state index contributed by atoms with van der Waals surface area (Å²) >= 11 is 5.15. The molecule has 1 aliphatic carbocycles. The number of esters is 1. The van der Waals surface area contributed by atoms with Crippen molar-refractivity contribution in [1.82, 2.24) is 16.0 Å². The maximum atomic E-state index is 13.0. The van der Waals surface area contributed by atoms with Crippen molar-refractivity contribution in [2.24, 2.45) is 0 Å². The molecule has 31 heavy (non-hydrogen) atoms. The molecule has 0 aliphatic heterocycles. The Morgan fingerprint density at radius 2 is 1.71 bits per heavy atom. The highest BCUT2D eigenvalue weighted by Gasteiger charge is 2.41. The summed E-state index contributed by atoms with van der Waals surface area (Å²) in [7, 11) is 0. The minimum Gasteiger partial charge on any atom is -0.447 e. The first-order valence-electron chi connectivity index (χ1n) is 11.0. The van der Waals surface area contributed by atoms with E-state index in [1.165, 1.54) is 6.42 Å². The van der Waals surface area contributed by atoms with E-state index in [-0.39, 0.29) is 23.0 Å². The zero-order valence-corrected chi connectivity index (χ0v) is 19.3. The largest absolute Gasteiger partial charge is 0.447 e. The molecule has 0 saturated heterocycles. The highest BCUT2D eigenvalue weighted by Crippen LogP contribution is 2.24. The van der Waals surface area contributed by atoms with E-state index < -0.39 is 17.6 Å². The van der Waals surface area contributed by atoms with Crippen LogP contribution in [0.25, 0.3) is 0 Å². The lowest BCUT2D eigenvalue weighted by Gasteiger charge is -2.34. The van der Waals surface area contributed by atoms with Gasteiger partial charge < -0.3 is 15.4 Å². The molecule has 1 saturated carbocycles. The average Bonchev–Trinajstić information content (AvgIpc) is 2.78. The summed E-state index contributed by atoms with van der Waals surface area (Å²) in [4.78, 5) is 37.9. The van der Waals surface area contributed by atoms with Crippen molar-refractivity contribution in [2.75, 3.05) is 0 Å². The van der Waals surface area contributed by atoms with Crippen LogP contribution in [0.2, 0.25) is 0 Å². The first-order chi connectivity index (χ1) is 14.8. The maximum Gasteiger partial charge on any atom is 0.329 e. The molecule has 0 radical (unpaired) electrons. The second-order valence-corrected chi connectivity index (χ2v) is 8.35. The van der Waals surface area contributed by atoms with Gasteiger partial charge in [-0.15, -0.1) is 0 Å². The number of carbonyl (C=O) groups excluding carboxylic acids is 3. The Morgan fingerprint density at radius 3 is 2.29 bits per heavy atom. The highest BCUT2D eigenvalue weighted by molar-refractivity contribution is 7.80. The minimum absolute atomic E-state index is 0.0172. The van der Waals surface area contributed by atoms with Gasteiger partial charge >= 0.3 is 5.97 Å². The van der Waals surface area contributed by atoms with Crippen LogP contribution in [-0.4, -0.2) is 40.6 Å². The number of ether oxygens (including phenoxy) is 1. The molecule has 0 aromatic heterocycles. The molecule has 0 bridgehead atoms. The second-order valence-electron chi connectivity index (χ2n) is 7.95. The Labute approximate surface area is 189 Å². The summed E-state index contributed by atoms with van der Waals surface area (Å²) < 4.78 is 5.71. The standard InChI is InChI=1S/C23H33N3O4S/c1-4-23(5-2,21(29)25-18-14-10-7-11-15-18)30-20(28)16(3)24-22(31)26-19(27)17-12-8-6-9-13-17/h6,8-9,12-13,16,18H,4-5,7,10-11,14-15H2,1-3H3,(H,25,29)(H2,24,26,27,31). The molecule has 0 spiro atoms. The van der Waals surface area contributed by atoms with Crippen LogP contribution in [0.5, 0.6) is 0 Å². The molecule has 8 heteroatoms. The molecule has 170 valence electrons. The molecule has 2 amide bonds. The number of carbonyl (C=O) groups is 3. The molecular formula is C23H33N3O4S. The van der Waals surface area contributed by atoms with Gasteiger partial charge in [0.1, 0.15) is 6.04 Å². The van der Waals surface area contributed by atoms with E-state index in [9.17, 15) is 14.4 Å². The fourth-order valence-corrected chi connectivity index (χ4v) is 3.93. The number of benzene rings is 1. The van der Waals surface area contributed by atoms with Crippen LogP contribution >= 0.6 is 12.2 Å². The zero-order chi connectivity index (χ0) is 22.9. The molecule has 7 nitrogen and oxygen atoms in total. The molecule has 1 unspecified atom stereocenters. The van der Waals surface area contributed by atoms with Crippen molar-refractivity contribution >= 4 is 35.1 Å². The number of hydrogen-bond donors (Lipinski definition) is 3. The molecule has 2 rings (SSSR count). The van der Waals surface area contributed by atoms with Gasteiger partial charge in [0.15, 0.2) is 10.7 Å². The van der Waals surface area contributed by atoms with E-state index in [1.807, 2.05) is 19.9 Å². The third-order valence-electron chi connectivity index (χ3n) is 5.76. The van der Waals surface area contributed by atoms with Crippen LogP contribution in [0, 0.1) is 0 Å². The molecule has 1 atom stereocenters. The summed E-state index contributed by atoms with van der Waals surface area (Å²) in [5.74, 6) is -1.22. The first-order valence-corrected chi connectivity index (χ1v) is 11.4. The smallest absolute Gasteiger partial charge is 0.329 e. The summed E-state index contributed by atoms with van der Waals surface area (Å²) in [6.07, 6.45) is 6.04. The van der Waals surface area contributed by atoms with Gasteiger partial charge in [0.2, 0.25) is 0 Å².